The lowest BCUT2D eigenvalue weighted by Gasteiger charge is -2.02. The molecular weight excluding hydrogens is 326 g/mol. The van der Waals surface area contributed by atoms with Gasteiger partial charge in [-0.1, -0.05) is 19.7 Å². The van der Waals surface area contributed by atoms with E-state index in [1.807, 2.05) is 0 Å². The second kappa shape index (κ2) is 4.40. The van der Waals surface area contributed by atoms with Crippen LogP contribution in [0.1, 0.15) is 0 Å². The van der Waals surface area contributed by atoms with Gasteiger partial charge in [-0.05, 0) is 24.3 Å². The molecule has 0 bridgehead atoms. The zero-order valence-corrected chi connectivity index (χ0v) is 11.5. The van der Waals surface area contributed by atoms with Gasteiger partial charge in [0.15, 0.2) is 0 Å². The van der Waals surface area contributed by atoms with Crippen LogP contribution in [0.15, 0.2) is 37.4 Å². The van der Waals surface area contributed by atoms with E-state index >= 15 is 0 Å². The van der Waals surface area contributed by atoms with Crippen LogP contribution >= 0.6 is 26.6 Å². The summed E-state index contributed by atoms with van der Waals surface area (Å²) in [5.74, 6) is 0. The number of nitrogens with zero attached hydrogens (tertiary/aromatic N) is 1. The Morgan fingerprint density at radius 2 is 1.67 bits per heavy atom. The average molecular weight is 333 g/mol. The molecule has 0 aromatic heterocycles. The topological polar surface area (TPSA) is 63.6 Å². The lowest BCUT2D eigenvalue weighted by atomic mass is 10.4. The Morgan fingerprint density at radius 3 is 2.07 bits per heavy atom. The molecule has 0 aliphatic rings. The summed E-state index contributed by atoms with van der Waals surface area (Å²) in [5, 5.41) is 0. The van der Waals surface area contributed by atoms with Crippen molar-refractivity contribution in [1.82, 2.24) is 0 Å². The van der Waals surface area contributed by atoms with Crippen molar-refractivity contribution in [3.05, 3.63) is 28.7 Å². The maximum absolute atomic E-state index is 11.9. The Labute approximate surface area is 102 Å². The van der Waals surface area contributed by atoms with Gasteiger partial charge in [0.2, 0.25) is 0 Å². The van der Waals surface area contributed by atoms with Crippen LogP contribution in [0.2, 0.25) is 0 Å². The molecule has 84 valence electrons. The molecule has 0 radical (unpaired) electrons. The Morgan fingerprint density at radius 1 is 1.20 bits per heavy atom. The van der Waals surface area contributed by atoms with Crippen LogP contribution in [-0.4, -0.2) is 18.9 Å². The van der Waals surface area contributed by atoms with Gasteiger partial charge in [0.05, 0.1) is 9.73 Å². The molecule has 0 unspecified atom stereocenters. The van der Waals surface area contributed by atoms with Crippen molar-refractivity contribution in [3.8, 4) is 0 Å². The third-order valence-corrected chi connectivity index (χ3v) is 5.51. The molecule has 0 saturated carbocycles. The van der Waals surface area contributed by atoms with Gasteiger partial charge in [-0.2, -0.15) is 8.42 Å². The highest BCUT2D eigenvalue weighted by atomic mass is 79.9. The summed E-state index contributed by atoms with van der Waals surface area (Å²) in [7, 11) is -2.21. The molecule has 0 fully saturated rings. The molecule has 0 heterocycles. The third-order valence-electron chi connectivity index (χ3n) is 1.48. The van der Waals surface area contributed by atoms with Gasteiger partial charge in [-0.25, -0.2) is 4.21 Å². The summed E-state index contributed by atoms with van der Waals surface area (Å²) in [6.07, 6.45) is 1.22. The van der Waals surface area contributed by atoms with Gasteiger partial charge >= 0.3 is 9.24 Å². The Hall–Kier alpha value is -0.110. The van der Waals surface area contributed by atoms with E-state index in [2.05, 4.69) is 19.7 Å². The molecule has 0 spiro atoms. The SMILES string of the molecule is C[S@@](=O)(=NS(=O)(=O)Cl)c1ccc(Br)cc1. The first-order valence-electron chi connectivity index (χ1n) is 3.64. The molecule has 1 aromatic rings. The van der Waals surface area contributed by atoms with Crippen molar-refractivity contribution in [2.75, 3.05) is 6.26 Å². The lowest BCUT2D eigenvalue weighted by molar-refractivity contribution is 0.611. The standard InChI is InChI=1S/C7H7BrClNO3S2/c1-14(11,10-15(9,12)13)7-4-2-6(8)3-5-7/h2-5H,1H3/t14-/m0/s1. The summed E-state index contributed by atoms with van der Waals surface area (Å²) in [6, 6.07) is 6.35. The van der Waals surface area contributed by atoms with Gasteiger partial charge < -0.3 is 0 Å². The van der Waals surface area contributed by atoms with E-state index in [0.717, 1.165) is 4.47 Å². The summed E-state index contributed by atoms with van der Waals surface area (Å²) in [4.78, 5) is 0.315. The van der Waals surface area contributed by atoms with Crippen LogP contribution in [0.3, 0.4) is 0 Å². The molecule has 4 nitrogen and oxygen atoms in total. The maximum atomic E-state index is 11.9. The molecule has 0 amide bonds. The summed E-state index contributed by atoms with van der Waals surface area (Å²) >= 11 is 3.21. The second-order valence-electron chi connectivity index (χ2n) is 2.74. The van der Waals surface area contributed by atoms with Gasteiger partial charge in [-0.15, -0.1) is 0 Å². The van der Waals surface area contributed by atoms with Gasteiger partial charge in [-0.3, -0.25) is 0 Å². The molecule has 1 aromatic carbocycles. The van der Waals surface area contributed by atoms with Crippen LogP contribution in [0, 0.1) is 0 Å². The molecule has 8 heteroatoms. The van der Waals surface area contributed by atoms with E-state index in [0.29, 0.717) is 4.90 Å². The van der Waals surface area contributed by atoms with E-state index in [-0.39, 0.29) is 0 Å². The Bertz CT molecular complexity index is 573. The highest BCUT2D eigenvalue weighted by molar-refractivity contribution is 9.10. The minimum absolute atomic E-state index is 0.315. The normalized spacial score (nSPS) is 15.7. The van der Waals surface area contributed by atoms with E-state index in [9.17, 15) is 12.6 Å². The van der Waals surface area contributed by atoms with Crippen molar-refractivity contribution >= 4 is 45.6 Å². The Balaban J connectivity index is 3.36. The van der Waals surface area contributed by atoms with Crippen LogP contribution in [0.25, 0.3) is 0 Å². The van der Waals surface area contributed by atoms with E-state index in [1.165, 1.54) is 18.4 Å². The fourth-order valence-corrected chi connectivity index (χ4v) is 4.48. The minimum atomic E-state index is -4.13. The van der Waals surface area contributed by atoms with Gasteiger partial charge in [0, 0.05) is 26.3 Å². The zero-order valence-electron chi connectivity index (χ0n) is 7.55. The molecular formula is C7H7BrClNO3S2. The van der Waals surface area contributed by atoms with Crippen LogP contribution < -0.4 is 0 Å². The van der Waals surface area contributed by atoms with E-state index in [4.69, 9.17) is 10.7 Å². The van der Waals surface area contributed by atoms with Crippen molar-refractivity contribution < 1.29 is 12.6 Å². The minimum Gasteiger partial charge on any atom is -0.244 e. The van der Waals surface area contributed by atoms with E-state index in [1.54, 1.807) is 12.1 Å². The Kier molecular flexibility index (Phi) is 3.80. The van der Waals surface area contributed by atoms with Gasteiger partial charge in [0.25, 0.3) is 0 Å². The largest absolute Gasteiger partial charge is 0.347 e. The smallest absolute Gasteiger partial charge is 0.244 e. The number of hydrogen-bond donors (Lipinski definition) is 0. The predicted octanol–water partition coefficient (Wildman–Crippen LogP) is 2.39. The van der Waals surface area contributed by atoms with Crippen LogP contribution in [0.4, 0.5) is 0 Å². The predicted molar refractivity (Wildman–Crippen MR) is 63.7 cm³/mol. The number of halogens is 2. The van der Waals surface area contributed by atoms with Crippen molar-refractivity contribution in [2.45, 2.75) is 4.90 Å². The quantitative estimate of drug-likeness (QED) is 0.781. The van der Waals surface area contributed by atoms with Gasteiger partial charge in [0.1, 0.15) is 0 Å². The fourth-order valence-electron chi connectivity index (χ4n) is 0.900. The zero-order chi connectivity index (χ0) is 11.7. The number of rotatable bonds is 2. The molecule has 0 aliphatic heterocycles. The van der Waals surface area contributed by atoms with Crippen LogP contribution in [-0.2, 0) is 19.0 Å². The first kappa shape index (κ1) is 13.0. The van der Waals surface area contributed by atoms with Crippen LogP contribution in [0.5, 0.6) is 0 Å². The third kappa shape index (κ3) is 4.10. The molecule has 0 saturated heterocycles. The molecule has 0 N–H and O–H groups in total. The molecule has 1 rings (SSSR count). The average Bonchev–Trinajstić information content (AvgIpc) is 2.00. The molecule has 15 heavy (non-hydrogen) atoms. The molecule has 1 atom stereocenters. The highest BCUT2D eigenvalue weighted by Crippen LogP contribution is 2.18. The number of benzene rings is 1. The fraction of sp³-hybridized carbons (Fsp3) is 0.143. The van der Waals surface area contributed by atoms with Crippen molar-refractivity contribution in [2.24, 2.45) is 3.77 Å². The number of hydrogen-bond acceptors (Lipinski definition) is 3. The summed E-state index contributed by atoms with van der Waals surface area (Å²) in [6.45, 7) is 0. The molecule has 0 aliphatic carbocycles. The summed E-state index contributed by atoms with van der Waals surface area (Å²) in [5.41, 5.74) is 0. The van der Waals surface area contributed by atoms with Crippen molar-refractivity contribution in [3.63, 3.8) is 0 Å². The summed E-state index contributed by atoms with van der Waals surface area (Å²) < 4.78 is 37.2. The lowest BCUT2D eigenvalue weighted by Crippen LogP contribution is -1.99. The second-order valence-corrected chi connectivity index (χ2v) is 8.33. The first-order valence-corrected chi connectivity index (χ1v) is 8.62. The maximum Gasteiger partial charge on any atom is 0.347 e. The monoisotopic (exact) mass is 331 g/mol. The van der Waals surface area contributed by atoms with Crippen molar-refractivity contribution in [1.29, 1.82) is 0 Å². The highest BCUT2D eigenvalue weighted by Gasteiger charge is 2.11. The first-order chi connectivity index (χ1) is 6.71. The van der Waals surface area contributed by atoms with E-state index < -0.39 is 19.0 Å².